The van der Waals surface area contributed by atoms with Crippen molar-refractivity contribution in [2.75, 3.05) is 26.2 Å². The van der Waals surface area contributed by atoms with E-state index in [0.717, 1.165) is 87.7 Å². The Morgan fingerprint density at radius 1 is 0.552 bits per heavy atom. The number of hydrogen-bond acceptors (Lipinski definition) is 8. The minimum Gasteiger partial charge on any atom is -0.299 e. The molecule has 0 atom stereocenters. The van der Waals surface area contributed by atoms with E-state index in [4.69, 9.17) is 0 Å². The highest BCUT2D eigenvalue weighted by Gasteiger charge is 2.33. The smallest absolute Gasteiger partial charge is 0.141 e. The molecule has 2 aliphatic carbocycles. The maximum atomic E-state index is 12.0. The lowest BCUT2D eigenvalue weighted by Gasteiger charge is -2.38. The van der Waals surface area contributed by atoms with Gasteiger partial charge in [0.15, 0.2) is 0 Å². The summed E-state index contributed by atoms with van der Waals surface area (Å²) >= 11 is 0. The highest BCUT2D eigenvalue weighted by molar-refractivity contribution is 5.86. The first-order chi connectivity index (χ1) is 31.1. The SMILES string of the molecule is CC(C)(C)N1CCCCC1.CCC1CCC(C(=O)C(C)(C)C)CC1.CCC1CCC(C(C)(C)C)CC1.CCc1ncc2c(n1)CCN(C(C)(C)C)C2.Cc1ncc2c(n1)CCN(C(C)(C)C)C2. The van der Waals surface area contributed by atoms with E-state index in [1.165, 1.54) is 106 Å². The standard InChI is InChI=1S/C13H21N3.C13H24O.C12H19N3.C12H24.C9H19N/c1-5-12-14-8-10-9-16(13(2,3)4)7-6-11(10)15-12;1-5-10-6-8-11(9-7-10)12(14)13(2,3)4;1-9-13-7-10-8-15(12(2,3)4)6-5-11(10)14-9;1-5-10-6-8-11(9-7-10)12(2,3)4;1-9(2,3)10-7-5-4-6-8-10/h8H,5-7,9H2,1-4H3;10-11H,5-9H2,1-4H3;7H,5-6,8H2,1-4H3;10-11H,5-9H2,1-4H3;4-8H2,1-3H3. The van der Waals surface area contributed by atoms with Gasteiger partial charge in [0.25, 0.3) is 0 Å². The summed E-state index contributed by atoms with van der Waals surface area (Å²) in [5, 5.41) is 0. The van der Waals surface area contributed by atoms with E-state index >= 15 is 0 Å². The lowest BCUT2D eigenvalue weighted by molar-refractivity contribution is -0.131. The van der Waals surface area contributed by atoms with E-state index in [1.807, 2.05) is 40.1 Å². The molecule has 8 nitrogen and oxygen atoms in total. The molecule has 0 N–H and O–H groups in total. The van der Waals surface area contributed by atoms with Crippen LogP contribution in [0.25, 0.3) is 0 Å². The number of carbonyl (C=O) groups excluding carboxylic acids is 1. The number of likely N-dealkylation sites (tertiary alicyclic amines) is 1. The Bertz CT molecular complexity index is 1730. The van der Waals surface area contributed by atoms with Gasteiger partial charge in [0, 0.05) is 108 Å². The van der Waals surface area contributed by atoms with Crippen molar-refractivity contribution in [3.05, 3.63) is 46.6 Å². The zero-order valence-corrected chi connectivity index (χ0v) is 47.6. The molecule has 3 fully saturated rings. The molecule has 7 rings (SSSR count). The topological polar surface area (TPSA) is 78.4 Å². The van der Waals surface area contributed by atoms with Crippen LogP contribution in [0, 0.1) is 41.4 Å². The molecule has 2 saturated carbocycles. The fourth-order valence-electron chi connectivity index (χ4n) is 10.5. The summed E-state index contributed by atoms with van der Waals surface area (Å²) in [5.74, 6) is 5.62. The molecule has 8 heteroatoms. The lowest BCUT2D eigenvalue weighted by atomic mass is 9.69. The molecular formula is C59H107N7O. The minimum absolute atomic E-state index is 0.135. The summed E-state index contributed by atoms with van der Waals surface area (Å²) in [6.45, 7) is 49.2. The number of Topliss-reactive ketones (excluding diaryl/α,β-unsaturated/α-hetero) is 1. The molecule has 0 radical (unpaired) electrons. The Morgan fingerprint density at radius 2 is 0.985 bits per heavy atom. The van der Waals surface area contributed by atoms with Gasteiger partial charge in [-0.15, -0.1) is 0 Å². The van der Waals surface area contributed by atoms with E-state index < -0.39 is 0 Å². The van der Waals surface area contributed by atoms with Crippen LogP contribution in [0.2, 0.25) is 0 Å². The molecule has 2 aromatic rings. The largest absolute Gasteiger partial charge is 0.299 e. The molecule has 1 saturated heterocycles. The molecule has 0 amide bonds. The van der Waals surface area contributed by atoms with Crippen molar-refractivity contribution in [3.8, 4) is 0 Å². The summed E-state index contributed by atoms with van der Waals surface area (Å²) < 4.78 is 0. The van der Waals surface area contributed by atoms with Gasteiger partial charge in [-0.2, -0.15) is 0 Å². The first-order valence-electron chi connectivity index (χ1n) is 27.5. The van der Waals surface area contributed by atoms with Crippen LogP contribution in [-0.4, -0.2) is 83.2 Å². The van der Waals surface area contributed by atoms with Crippen LogP contribution in [0.4, 0.5) is 0 Å². The van der Waals surface area contributed by atoms with Crippen molar-refractivity contribution < 1.29 is 4.79 Å². The fraction of sp³-hybridized carbons (Fsp3) is 0.847. The number of piperidine rings is 1. The Morgan fingerprint density at radius 3 is 1.37 bits per heavy atom. The number of hydrogen-bond donors (Lipinski definition) is 0. The normalized spacial score (nSPS) is 23.3. The summed E-state index contributed by atoms with van der Waals surface area (Å²) in [6, 6.07) is 0. The van der Waals surface area contributed by atoms with E-state index in [0.29, 0.717) is 22.7 Å². The van der Waals surface area contributed by atoms with Crippen LogP contribution in [0.5, 0.6) is 0 Å². The van der Waals surface area contributed by atoms with E-state index in [9.17, 15) is 4.79 Å². The molecule has 2 aromatic heterocycles. The van der Waals surface area contributed by atoms with Gasteiger partial charge in [0.1, 0.15) is 17.4 Å². The number of rotatable bonds is 4. The van der Waals surface area contributed by atoms with Gasteiger partial charge in [-0.1, -0.05) is 94.4 Å². The minimum atomic E-state index is -0.135. The molecule has 384 valence electrons. The summed E-state index contributed by atoms with van der Waals surface area (Å²) in [4.78, 5) is 37.3. The van der Waals surface area contributed by atoms with Crippen molar-refractivity contribution in [3.63, 3.8) is 0 Å². The Labute approximate surface area is 414 Å². The maximum absolute atomic E-state index is 12.0. The Hall–Kier alpha value is -2.29. The van der Waals surface area contributed by atoms with Gasteiger partial charge < -0.3 is 0 Å². The van der Waals surface area contributed by atoms with Crippen LogP contribution in [0.1, 0.15) is 242 Å². The zero-order chi connectivity index (χ0) is 50.4. The third-order valence-electron chi connectivity index (χ3n) is 15.7. The van der Waals surface area contributed by atoms with E-state index in [1.54, 1.807) is 0 Å². The van der Waals surface area contributed by atoms with Gasteiger partial charge in [0.2, 0.25) is 0 Å². The zero-order valence-electron chi connectivity index (χ0n) is 47.6. The predicted molar refractivity (Wildman–Crippen MR) is 286 cm³/mol. The number of aromatic nitrogens is 4. The van der Waals surface area contributed by atoms with Crippen LogP contribution in [0.15, 0.2) is 12.4 Å². The van der Waals surface area contributed by atoms with Crippen molar-refractivity contribution in [2.45, 2.75) is 264 Å². The number of aryl methyl sites for hydroxylation is 2. The first kappa shape index (κ1) is 59.0. The van der Waals surface area contributed by atoms with Crippen molar-refractivity contribution in [1.29, 1.82) is 0 Å². The van der Waals surface area contributed by atoms with Gasteiger partial charge >= 0.3 is 0 Å². The van der Waals surface area contributed by atoms with Gasteiger partial charge in [0.05, 0.1) is 0 Å². The predicted octanol–water partition coefficient (Wildman–Crippen LogP) is 14.5. The summed E-state index contributed by atoms with van der Waals surface area (Å²) in [6.07, 6.45) is 24.7. The third kappa shape index (κ3) is 20.2. The lowest BCUT2D eigenvalue weighted by Crippen LogP contribution is -2.44. The molecule has 0 bridgehead atoms. The van der Waals surface area contributed by atoms with Crippen LogP contribution >= 0.6 is 0 Å². The average Bonchev–Trinajstić information content (AvgIpc) is 3.28. The number of ketones is 1. The van der Waals surface area contributed by atoms with Gasteiger partial charge in [-0.3, -0.25) is 19.5 Å². The molecule has 3 aliphatic heterocycles. The number of nitrogens with zero attached hydrogens (tertiary/aromatic N) is 7. The van der Waals surface area contributed by atoms with Gasteiger partial charge in [-0.25, -0.2) is 19.9 Å². The maximum Gasteiger partial charge on any atom is 0.141 e. The molecule has 67 heavy (non-hydrogen) atoms. The number of carbonyl (C=O) groups is 1. The molecule has 0 unspecified atom stereocenters. The van der Waals surface area contributed by atoms with Crippen molar-refractivity contribution >= 4 is 5.78 Å². The highest BCUT2D eigenvalue weighted by Crippen LogP contribution is 2.40. The number of fused-ring (bicyclic) bond motifs is 2. The van der Waals surface area contributed by atoms with E-state index in [2.05, 4.69) is 138 Å². The third-order valence-corrected chi connectivity index (χ3v) is 15.7. The van der Waals surface area contributed by atoms with Crippen molar-refractivity contribution in [1.82, 2.24) is 34.6 Å². The molecule has 0 spiro atoms. The quantitative estimate of drug-likeness (QED) is 0.300. The first-order valence-corrected chi connectivity index (χ1v) is 27.5. The molecule has 5 aliphatic rings. The average molecular weight is 931 g/mol. The Balaban J connectivity index is 0.000000224. The second-order valence-corrected chi connectivity index (χ2v) is 26.1. The van der Waals surface area contributed by atoms with Gasteiger partial charge in [-0.05, 0) is 157 Å². The molecule has 0 aromatic carbocycles. The highest BCUT2D eigenvalue weighted by atomic mass is 16.1. The Kier molecular flexibility index (Phi) is 23.1. The monoisotopic (exact) mass is 930 g/mol. The second kappa shape index (κ2) is 26.2. The van der Waals surface area contributed by atoms with Crippen LogP contribution in [-0.2, 0) is 37.1 Å². The fourth-order valence-corrected chi connectivity index (χ4v) is 10.5. The molecule has 5 heterocycles. The second-order valence-electron chi connectivity index (χ2n) is 26.1. The summed E-state index contributed by atoms with van der Waals surface area (Å²) in [7, 11) is 0. The van der Waals surface area contributed by atoms with Crippen molar-refractivity contribution in [2.24, 2.45) is 34.5 Å². The van der Waals surface area contributed by atoms with Crippen LogP contribution < -0.4 is 0 Å². The summed E-state index contributed by atoms with van der Waals surface area (Å²) in [5.41, 5.74) is 6.39. The molecular weight excluding hydrogens is 823 g/mol. The van der Waals surface area contributed by atoms with Crippen LogP contribution in [0.3, 0.4) is 0 Å². The van der Waals surface area contributed by atoms with E-state index in [-0.39, 0.29) is 16.5 Å².